The van der Waals surface area contributed by atoms with Gasteiger partial charge in [-0.2, -0.15) is 0 Å². The number of rotatable bonds is 5. The molecule has 8 aromatic carbocycles. The molecule has 0 bridgehead atoms. The van der Waals surface area contributed by atoms with Crippen molar-refractivity contribution >= 4 is 42.3 Å². The van der Waals surface area contributed by atoms with E-state index < -0.39 is 0 Å². The van der Waals surface area contributed by atoms with Gasteiger partial charge in [0.15, 0.2) is 5.82 Å². The predicted octanol–water partition coefficient (Wildman–Crippen LogP) is 14.0. The van der Waals surface area contributed by atoms with Crippen molar-refractivity contribution in [2.45, 2.75) is 12.3 Å². The molecule has 0 radical (unpaired) electrons. The summed E-state index contributed by atoms with van der Waals surface area (Å²) in [7, 11) is 0. The number of hydrogen-bond acceptors (Lipinski definition) is 3. The molecule has 258 valence electrons. The summed E-state index contributed by atoms with van der Waals surface area (Å²) in [6, 6.07) is 67.9. The Bertz CT molecular complexity index is 3110. The first-order valence-electron chi connectivity index (χ1n) is 18.8. The molecule has 1 unspecified atom stereocenters. The van der Waals surface area contributed by atoms with Crippen LogP contribution in [0.3, 0.4) is 0 Å². The Morgan fingerprint density at radius 2 is 1.09 bits per heavy atom. The smallest absolute Gasteiger partial charge is 0.160 e. The molecule has 0 N–H and O–H groups in total. The quantitative estimate of drug-likeness (QED) is 0.177. The van der Waals surface area contributed by atoms with Gasteiger partial charge in [-0.1, -0.05) is 164 Å². The Morgan fingerprint density at radius 3 is 1.96 bits per heavy atom. The predicted molar refractivity (Wildman–Crippen MR) is 232 cm³/mol. The summed E-state index contributed by atoms with van der Waals surface area (Å²) in [6.07, 6.45) is 0. The first-order valence-corrected chi connectivity index (χ1v) is 19.6. The fourth-order valence-electron chi connectivity index (χ4n) is 8.92. The molecule has 2 nitrogen and oxygen atoms in total. The summed E-state index contributed by atoms with van der Waals surface area (Å²) in [6.45, 7) is 2.36. The molecule has 2 aromatic heterocycles. The molecule has 11 rings (SSSR count). The molecule has 10 aromatic rings. The molecule has 0 spiro atoms. The second-order valence-corrected chi connectivity index (χ2v) is 15.7. The van der Waals surface area contributed by atoms with Crippen molar-refractivity contribution in [3.05, 3.63) is 205 Å². The van der Waals surface area contributed by atoms with Crippen LogP contribution >= 0.6 is 11.3 Å². The number of fused-ring (bicyclic) bond motifs is 8. The number of thiophene rings is 1. The average molecular weight is 719 g/mol. The van der Waals surface area contributed by atoms with E-state index in [1.54, 1.807) is 0 Å². The van der Waals surface area contributed by atoms with Crippen LogP contribution in [-0.4, -0.2) is 9.97 Å². The molecule has 1 aliphatic carbocycles. The van der Waals surface area contributed by atoms with E-state index in [0.29, 0.717) is 5.82 Å². The maximum Gasteiger partial charge on any atom is 0.160 e. The molecule has 1 atom stereocenters. The van der Waals surface area contributed by atoms with Crippen molar-refractivity contribution in [2.24, 2.45) is 0 Å². The molecule has 0 amide bonds. The van der Waals surface area contributed by atoms with Gasteiger partial charge in [-0.3, -0.25) is 0 Å². The molecule has 2 heterocycles. The van der Waals surface area contributed by atoms with Crippen molar-refractivity contribution in [3.8, 4) is 56.2 Å². The molecule has 3 heteroatoms. The van der Waals surface area contributed by atoms with Crippen LogP contribution in [0, 0.1) is 0 Å². The van der Waals surface area contributed by atoms with E-state index in [1.807, 2.05) is 17.4 Å². The topological polar surface area (TPSA) is 25.8 Å². The lowest BCUT2D eigenvalue weighted by molar-refractivity contribution is 0.714. The Morgan fingerprint density at radius 1 is 0.455 bits per heavy atom. The van der Waals surface area contributed by atoms with Crippen molar-refractivity contribution in [2.75, 3.05) is 0 Å². The zero-order valence-corrected chi connectivity index (χ0v) is 31.0. The molecule has 0 fully saturated rings. The van der Waals surface area contributed by atoms with Gasteiger partial charge in [0.1, 0.15) is 0 Å². The van der Waals surface area contributed by atoms with Gasteiger partial charge in [0.2, 0.25) is 0 Å². The van der Waals surface area contributed by atoms with Crippen molar-refractivity contribution in [1.29, 1.82) is 0 Å². The molecule has 55 heavy (non-hydrogen) atoms. The van der Waals surface area contributed by atoms with Crippen LogP contribution in [0.2, 0.25) is 0 Å². The minimum Gasteiger partial charge on any atom is -0.228 e. The highest BCUT2D eigenvalue weighted by Crippen LogP contribution is 2.55. The summed E-state index contributed by atoms with van der Waals surface area (Å²) >= 11 is 1.88. The van der Waals surface area contributed by atoms with Gasteiger partial charge in [-0.25, -0.2) is 9.97 Å². The van der Waals surface area contributed by atoms with E-state index in [9.17, 15) is 0 Å². The standard InChI is InChI=1S/C52H34N2S/c1-52(37-21-6-3-7-22-37)43-27-12-10-24-39(43)48-40(26-15-28-44(48)52)46-32-45(53-51(54-46)33-16-4-2-5-17-33)36-20-14-19-34(30-36)42-31-35-18-8-9-23-38(35)49-41-25-11-13-29-47(41)55-50(42)49/h2-32H,1H3. The van der Waals surface area contributed by atoms with Gasteiger partial charge in [0.05, 0.1) is 11.4 Å². The van der Waals surface area contributed by atoms with Crippen LogP contribution in [-0.2, 0) is 5.41 Å². The summed E-state index contributed by atoms with van der Waals surface area (Å²) in [4.78, 5) is 10.6. The van der Waals surface area contributed by atoms with E-state index in [-0.39, 0.29) is 5.41 Å². The van der Waals surface area contributed by atoms with Crippen LogP contribution < -0.4 is 0 Å². The van der Waals surface area contributed by atoms with Crippen molar-refractivity contribution < 1.29 is 0 Å². The van der Waals surface area contributed by atoms with Crippen LogP contribution in [0.4, 0.5) is 0 Å². The Kier molecular flexibility index (Phi) is 7.20. The highest BCUT2D eigenvalue weighted by atomic mass is 32.1. The van der Waals surface area contributed by atoms with Gasteiger partial charge in [0, 0.05) is 47.8 Å². The summed E-state index contributed by atoms with van der Waals surface area (Å²) in [5.74, 6) is 0.714. The van der Waals surface area contributed by atoms with Gasteiger partial charge in [-0.05, 0) is 75.3 Å². The summed E-state index contributed by atoms with van der Waals surface area (Å²) < 4.78 is 2.62. The van der Waals surface area contributed by atoms with E-state index in [4.69, 9.17) is 9.97 Å². The molecule has 0 aliphatic heterocycles. The normalized spacial score (nSPS) is 14.7. The maximum atomic E-state index is 5.34. The zero-order valence-electron chi connectivity index (χ0n) is 30.2. The maximum absolute atomic E-state index is 5.34. The first-order chi connectivity index (χ1) is 27.1. The van der Waals surface area contributed by atoms with E-state index in [0.717, 1.165) is 28.1 Å². The number of aromatic nitrogens is 2. The fourth-order valence-corrected chi connectivity index (χ4v) is 10.2. The van der Waals surface area contributed by atoms with Crippen LogP contribution in [0.25, 0.3) is 87.1 Å². The molecular weight excluding hydrogens is 685 g/mol. The highest BCUT2D eigenvalue weighted by molar-refractivity contribution is 7.26. The lowest BCUT2D eigenvalue weighted by Gasteiger charge is -2.28. The minimum absolute atomic E-state index is 0.298. The Balaban J connectivity index is 1.13. The van der Waals surface area contributed by atoms with E-state index in [2.05, 4.69) is 189 Å². The Hall–Kier alpha value is -6.68. The summed E-state index contributed by atoms with van der Waals surface area (Å²) in [5.41, 5.74) is 13.5. The van der Waals surface area contributed by atoms with Gasteiger partial charge in [-0.15, -0.1) is 11.3 Å². The van der Waals surface area contributed by atoms with Crippen LogP contribution in [0.5, 0.6) is 0 Å². The molecular formula is C52H34N2S. The zero-order chi connectivity index (χ0) is 36.5. The van der Waals surface area contributed by atoms with E-state index in [1.165, 1.54) is 69.9 Å². The Labute approximate surface area is 324 Å². The van der Waals surface area contributed by atoms with Gasteiger partial charge >= 0.3 is 0 Å². The SMILES string of the molecule is CC1(c2ccccc2)c2ccccc2-c2c(-c3cc(-c4cccc(-c5cc6ccccc6c6c5sc5ccccc56)c4)nc(-c4ccccc4)n3)cccc21. The summed E-state index contributed by atoms with van der Waals surface area (Å²) in [5, 5.41) is 5.18. The number of benzene rings is 8. The average Bonchev–Trinajstić information content (AvgIpc) is 3.78. The number of nitrogens with zero attached hydrogens (tertiary/aromatic N) is 2. The van der Waals surface area contributed by atoms with Crippen molar-refractivity contribution in [3.63, 3.8) is 0 Å². The molecule has 0 saturated carbocycles. The molecule has 1 aliphatic rings. The second-order valence-electron chi connectivity index (χ2n) is 14.6. The van der Waals surface area contributed by atoms with E-state index >= 15 is 0 Å². The highest BCUT2D eigenvalue weighted by Gasteiger charge is 2.41. The fraction of sp³-hybridized carbons (Fsp3) is 0.0385. The first kappa shape index (κ1) is 31.8. The molecule has 0 saturated heterocycles. The van der Waals surface area contributed by atoms with Crippen molar-refractivity contribution in [1.82, 2.24) is 9.97 Å². The van der Waals surface area contributed by atoms with Gasteiger partial charge < -0.3 is 0 Å². The number of hydrogen-bond donors (Lipinski definition) is 0. The second kappa shape index (κ2) is 12.4. The lowest BCUT2D eigenvalue weighted by atomic mass is 9.74. The monoisotopic (exact) mass is 718 g/mol. The lowest BCUT2D eigenvalue weighted by Crippen LogP contribution is -2.22. The van der Waals surface area contributed by atoms with Crippen LogP contribution in [0.1, 0.15) is 23.6 Å². The van der Waals surface area contributed by atoms with Crippen LogP contribution in [0.15, 0.2) is 188 Å². The largest absolute Gasteiger partial charge is 0.228 e. The third kappa shape index (κ3) is 4.94. The van der Waals surface area contributed by atoms with Gasteiger partial charge in [0.25, 0.3) is 0 Å². The third-order valence-corrected chi connectivity index (χ3v) is 12.8. The third-order valence-electron chi connectivity index (χ3n) is 11.6. The minimum atomic E-state index is -0.298.